The molecule has 1 aliphatic carbocycles. The highest BCUT2D eigenvalue weighted by atomic mass is 15.2. The maximum Gasteiger partial charge on any atom is 0.133 e. The van der Waals surface area contributed by atoms with E-state index in [-0.39, 0.29) is 0 Å². The first-order valence-corrected chi connectivity index (χ1v) is 7.98. The van der Waals surface area contributed by atoms with Crippen LogP contribution < -0.4 is 5.73 Å². The average Bonchev–Trinajstić information content (AvgIpc) is 3.10. The number of aromatic nitrogens is 4. The highest BCUT2D eigenvalue weighted by molar-refractivity contribution is 5.68. The molecule has 0 amide bonds. The summed E-state index contributed by atoms with van der Waals surface area (Å²) < 4.78 is 4.42. The molecule has 0 aromatic carbocycles. The van der Waals surface area contributed by atoms with Crippen molar-refractivity contribution < 1.29 is 0 Å². The minimum Gasteiger partial charge on any atom is -0.383 e. The minimum absolute atomic E-state index is 0.554. The van der Waals surface area contributed by atoms with Gasteiger partial charge < -0.3 is 14.9 Å². The molecule has 1 saturated carbocycles. The van der Waals surface area contributed by atoms with Crippen molar-refractivity contribution in [1.82, 2.24) is 19.1 Å². The lowest BCUT2D eigenvalue weighted by atomic mass is 10.2. The highest BCUT2D eigenvalue weighted by Crippen LogP contribution is 2.39. The van der Waals surface area contributed by atoms with Crippen LogP contribution in [0.4, 0.5) is 5.82 Å². The number of hydrogen-bond donors (Lipinski definition) is 1. The molecule has 0 aliphatic heterocycles. The molecule has 0 atom stereocenters. The zero-order valence-electron chi connectivity index (χ0n) is 13.2. The number of nitrogens with zero attached hydrogens (tertiary/aromatic N) is 4. The molecule has 0 bridgehead atoms. The Hall–Kier alpha value is -1.78. The lowest BCUT2D eigenvalue weighted by Gasteiger charge is -2.12. The third-order valence-electron chi connectivity index (χ3n) is 3.96. The second-order valence-electron chi connectivity index (χ2n) is 6.43. The van der Waals surface area contributed by atoms with Crippen molar-refractivity contribution in [2.24, 2.45) is 5.92 Å². The summed E-state index contributed by atoms with van der Waals surface area (Å²) in [6.07, 6.45) is 8.32. The Morgan fingerprint density at radius 2 is 2.14 bits per heavy atom. The second kappa shape index (κ2) is 5.54. The fourth-order valence-corrected chi connectivity index (χ4v) is 2.82. The zero-order chi connectivity index (χ0) is 15.0. The molecule has 2 heterocycles. The highest BCUT2D eigenvalue weighted by Gasteiger charge is 2.28. The van der Waals surface area contributed by atoms with Crippen LogP contribution in [0, 0.1) is 5.92 Å². The monoisotopic (exact) mass is 287 g/mol. The van der Waals surface area contributed by atoms with Crippen molar-refractivity contribution in [3.63, 3.8) is 0 Å². The Morgan fingerprint density at radius 1 is 1.38 bits per heavy atom. The van der Waals surface area contributed by atoms with E-state index in [9.17, 15) is 0 Å². The number of nitrogens with two attached hydrogens (primary N) is 1. The van der Waals surface area contributed by atoms with Crippen LogP contribution in [0.15, 0.2) is 12.5 Å². The first-order valence-electron chi connectivity index (χ1n) is 7.98. The molecule has 5 nitrogen and oxygen atoms in total. The summed E-state index contributed by atoms with van der Waals surface area (Å²) in [6.45, 7) is 7.52. The molecule has 0 unspecified atom stereocenters. The average molecular weight is 287 g/mol. The van der Waals surface area contributed by atoms with E-state index in [1.807, 2.05) is 12.5 Å². The fraction of sp³-hybridized carbons (Fsp3) is 0.625. The van der Waals surface area contributed by atoms with Gasteiger partial charge in [0.05, 0.1) is 18.2 Å². The molecular weight excluding hydrogens is 262 g/mol. The molecule has 5 heteroatoms. The van der Waals surface area contributed by atoms with Crippen LogP contribution >= 0.6 is 0 Å². The Labute approximate surface area is 126 Å². The summed E-state index contributed by atoms with van der Waals surface area (Å²) in [4.78, 5) is 9.15. The van der Waals surface area contributed by atoms with Crippen molar-refractivity contribution in [3.05, 3.63) is 18.3 Å². The number of rotatable bonds is 6. The minimum atomic E-state index is 0.554. The topological polar surface area (TPSA) is 61.7 Å². The maximum atomic E-state index is 6.42. The molecule has 2 aromatic heterocycles. The van der Waals surface area contributed by atoms with E-state index < -0.39 is 0 Å². The SMILES string of the molecule is CCCc1nc(-c2cncn2C2CC2)c(N)n1CC(C)C. The quantitative estimate of drug-likeness (QED) is 0.887. The van der Waals surface area contributed by atoms with Crippen molar-refractivity contribution >= 4 is 5.82 Å². The van der Waals surface area contributed by atoms with Gasteiger partial charge in [-0.2, -0.15) is 0 Å². The fourth-order valence-electron chi connectivity index (χ4n) is 2.82. The van der Waals surface area contributed by atoms with Gasteiger partial charge in [0, 0.05) is 19.0 Å². The van der Waals surface area contributed by atoms with Crippen LogP contribution in [0.5, 0.6) is 0 Å². The van der Waals surface area contributed by atoms with E-state index in [1.54, 1.807) is 0 Å². The van der Waals surface area contributed by atoms with E-state index in [0.29, 0.717) is 12.0 Å². The molecular formula is C16H25N5. The van der Waals surface area contributed by atoms with Gasteiger partial charge in [-0.05, 0) is 25.2 Å². The van der Waals surface area contributed by atoms with Crippen LogP contribution in [-0.2, 0) is 13.0 Å². The standard InChI is InChI=1S/C16H25N5/c1-4-5-14-19-15(16(17)20(14)9-11(2)3)13-8-18-10-21(13)12-6-7-12/h8,10-12H,4-7,9,17H2,1-3H3. The molecule has 21 heavy (non-hydrogen) atoms. The molecule has 114 valence electrons. The predicted molar refractivity (Wildman–Crippen MR) is 85.0 cm³/mol. The normalized spacial score (nSPS) is 15.0. The number of anilines is 1. The van der Waals surface area contributed by atoms with E-state index in [4.69, 9.17) is 10.7 Å². The predicted octanol–water partition coefficient (Wildman–Crippen LogP) is 3.27. The molecule has 2 N–H and O–H groups in total. The van der Waals surface area contributed by atoms with Crippen molar-refractivity contribution in [3.8, 4) is 11.4 Å². The van der Waals surface area contributed by atoms with Gasteiger partial charge in [0.25, 0.3) is 0 Å². The summed E-state index contributed by atoms with van der Waals surface area (Å²) in [7, 11) is 0. The van der Waals surface area contributed by atoms with Crippen LogP contribution in [0.25, 0.3) is 11.4 Å². The Morgan fingerprint density at radius 3 is 2.76 bits per heavy atom. The van der Waals surface area contributed by atoms with E-state index >= 15 is 0 Å². The summed E-state index contributed by atoms with van der Waals surface area (Å²) in [6, 6.07) is 0.590. The second-order valence-corrected chi connectivity index (χ2v) is 6.43. The number of nitrogen functional groups attached to an aromatic ring is 1. The zero-order valence-corrected chi connectivity index (χ0v) is 13.2. The van der Waals surface area contributed by atoms with E-state index in [1.165, 1.54) is 12.8 Å². The maximum absolute atomic E-state index is 6.42. The van der Waals surface area contributed by atoms with Crippen molar-refractivity contribution in [1.29, 1.82) is 0 Å². The lowest BCUT2D eigenvalue weighted by Crippen LogP contribution is -2.11. The van der Waals surface area contributed by atoms with Gasteiger partial charge in [-0.1, -0.05) is 20.8 Å². The van der Waals surface area contributed by atoms with Gasteiger partial charge in [0.15, 0.2) is 0 Å². The van der Waals surface area contributed by atoms with Crippen molar-refractivity contribution in [2.75, 3.05) is 5.73 Å². The van der Waals surface area contributed by atoms with Gasteiger partial charge in [0.1, 0.15) is 17.3 Å². The van der Waals surface area contributed by atoms with Crippen LogP contribution in [0.2, 0.25) is 0 Å². The third kappa shape index (κ3) is 2.69. The number of imidazole rings is 2. The summed E-state index contributed by atoms with van der Waals surface area (Å²) >= 11 is 0. The largest absolute Gasteiger partial charge is 0.383 e. The van der Waals surface area contributed by atoms with Gasteiger partial charge in [-0.15, -0.1) is 0 Å². The van der Waals surface area contributed by atoms with E-state index in [2.05, 4.69) is 34.9 Å². The molecule has 0 saturated heterocycles. The first kappa shape index (κ1) is 14.2. The van der Waals surface area contributed by atoms with Crippen molar-refractivity contribution in [2.45, 2.75) is 59.0 Å². The molecule has 1 fully saturated rings. The first-order chi connectivity index (χ1) is 10.1. The van der Waals surface area contributed by atoms with E-state index in [0.717, 1.165) is 42.4 Å². The molecule has 2 aromatic rings. The molecule has 0 spiro atoms. The van der Waals surface area contributed by atoms with Crippen LogP contribution in [0.1, 0.15) is 51.9 Å². The molecule has 3 rings (SSSR count). The summed E-state index contributed by atoms with van der Waals surface area (Å²) in [5.41, 5.74) is 8.39. The Kier molecular flexibility index (Phi) is 3.74. The Balaban J connectivity index is 2.03. The smallest absolute Gasteiger partial charge is 0.133 e. The third-order valence-corrected chi connectivity index (χ3v) is 3.96. The van der Waals surface area contributed by atoms with Gasteiger partial charge in [0.2, 0.25) is 0 Å². The Bertz CT molecular complexity index is 619. The molecule has 0 radical (unpaired) electrons. The van der Waals surface area contributed by atoms with Gasteiger partial charge >= 0.3 is 0 Å². The summed E-state index contributed by atoms with van der Waals surface area (Å²) in [5.74, 6) is 2.44. The van der Waals surface area contributed by atoms with Crippen LogP contribution in [0.3, 0.4) is 0 Å². The van der Waals surface area contributed by atoms with Gasteiger partial charge in [-0.3, -0.25) is 0 Å². The lowest BCUT2D eigenvalue weighted by molar-refractivity contribution is 0.510. The number of hydrogen-bond acceptors (Lipinski definition) is 3. The molecule has 1 aliphatic rings. The number of aryl methyl sites for hydroxylation is 1. The summed E-state index contributed by atoms with van der Waals surface area (Å²) in [5, 5.41) is 0. The van der Waals surface area contributed by atoms with Crippen LogP contribution in [-0.4, -0.2) is 19.1 Å². The van der Waals surface area contributed by atoms with Gasteiger partial charge in [-0.25, -0.2) is 9.97 Å².